The Morgan fingerprint density at radius 2 is 2.00 bits per heavy atom. The van der Waals surface area contributed by atoms with Crippen LogP contribution < -0.4 is 10.1 Å². The van der Waals surface area contributed by atoms with E-state index in [2.05, 4.69) is 31.7 Å². The van der Waals surface area contributed by atoms with Gasteiger partial charge in [0.25, 0.3) is 0 Å². The van der Waals surface area contributed by atoms with Gasteiger partial charge in [0, 0.05) is 28.2 Å². The number of nitrogens with zero attached hydrogens (tertiary/aromatic N) is 6. The van der Waals surface area contributed by atoms with Crippen LogP contribution in [0.15, 0.2) is 76.4 Å². The number of Topliss-reactive ketones (excluding diaryl/α,β-unsaturated/α-hetero) is 1. The number of fused-ring (bicyclic) bond motifs is 1. The molecule has 2 aromatic heterocycles. The number of aryl methyl sites for hydroxylation is 1. The van der Waals surface area contributed by atoms with E-state index in [9.17, 15) is 15.2 Å². The second kappa shape index (κ2) is 10.2. The molecule has 0 spiro atoms. The van der Waals surface area contributed by atoms with E-state index in [0.29, 0.717) is 28.2 Å². The third-order valence-corrected chi connectivity index (χ3v) is 7.73. The predicted octanol–water partition coefficient (Wildman–Crippen LogP) is 6.33. The number of methoxy groups -OCH3 is 1. The second-order valence-corrected chi connectivity index (χ2v) is 10.2. The van der Waals surface area contributed by atoms with Crippen LogP contribution in [0.3, 0.4) is 0 Å². The molecule has 40 heavy (non-hydrogen) atoms. The van der Waals surface area contributed by atoms with Gasteiger partial charge in [-0.15, -0.1) is 21.6 Å². The molecule has 198 valence electrons. The molecule has 1 fully saturated rings. The van der Waals surface area contributed by atoms with Gasteiger partial charge in [0.1, 0.15) is 28.8 Å². The van der Waals surface area contributed by atoms with Gasteiger partial charge in [-0.1, -0.05) is 24.3 Å². The Bertz CT molecular complexity index is 1800. The topological polar surface area (TPSA) is 138 Å². The molecule has 11 heteroatoms. The summed E-state index contributed by atoms with van der Waals surface area (Å²) in [7, 11) is 1.60. The zero-order valence-electron chi connectivity index (χ0n) is 21.6. The molecule has 2 atom stereocenters. The number of anilines is 1. The van der Waals surface area contributed by atoms with Crippen molar-refractivity contribution in [3.8, 4) is 22.7 Å². The van der Waals surface area contributed by atoms with Crippen molar-refractivity contribution in [2.45, 2.75) is 25.3 Å². The number of aromatic nitrogens is 3. The van der Waals surface area contributed by atoms with Crippen LogP contribution in [0.1, 0.15) is 29.2 Å². The van der Waals surface area contributed by atoms with Gasteiger partial charge in [0.05, 0.1) is 24.8 Å². The fourth-order valence-electron chi connectivity index (χ4n) is 4.84. The first-order chi connectivity index (χ1) is 19.5. The van der Waals surface area contributed by atoms with Gasteiger partial charge in [-0.2, -0.15) is 15.0 Å². The van der Waals surface area contributed by atoms with Gasteiger partial charge in [-0.3, -0.25) is 4.79 Å². The molecule has 0 saturated heterocycles. The minimum absolute atomic E-state index is 0.0199. The molecule has 1 aliphatic carbocycles. The Balaban J connectivity index is 1.35. The molecule has 5 aromatic rings. The first kappa shape index (κ1) is 25.2. The lowest BCUT2D eigenvalue weighted by Crippen LogP contribution is -2.45. The molecule has 0 radical (unpaired) electrons. The maximum Gasteiger partial charge on any atom is 0.212 e. The van der Waals surface area contributed by atoms with Crippen molar-refractivity contribution < 1.29 is 14.6 Å². The van der Waals surface area contributed by atoms with Gasteiger partial charge in [-0.25, -0.2) is 4.98 Å². The normalized spacial score (nSPS) is 16.7. The Morgan fingerprint density at radius 3 is 2.70 bits per heavy atom. The van der Waals surface area contributed by atoms with Gasteiger partial charge in [0.2, 0.25) is 5.13 Å². The largest absolute Gasteiger partial charge is 0.505 e. The summed E-state index contributed by atoms with van der Waals surface area (Å²) < 4.78 is 6.66. The number of thiazole rings is 1. The Kier molecular flexibility index (Phi) is 6.45. The van der Waals surface area contributed by atoms with Crippen LogP contribution in [0.25, 0.3) is 15.9 Å². The predicted molar refractivity (Wildman–Crippen MR) is 151 cm³/mol. The SMILES string of the molecule is COc1ccc(NC2CC(c3cc4ccccc4c(N=Nc4c(C#N)c(C)nn4-c4nccs4)c3O)C2=O)cc1. The average molecular weight is 550 g/mol. The summed E-state index contributed by atoms with van der Waals surface area (Å²) in [4.78, 5) is 17.5. The van der Waals surface area contributed by atoms with E-state index >= 15 is 0 Å². The van der Waals surface area contributed by atoms with Gasteiger partial charge in [-0.05, 0) is 49.1 Å². The van der Waals surface area contributed by atoms with Crippen LogP contribution in [-0.2, 0) is 4.79 Å². The maximum absolute atomic E-state index is 13.2. The van der Waals surface area contributed by atoms with E-state index in [4.69, 9.17) is 4.74 Å². The minimum atomic E-state index is -0.493. The van der Waals surface area contributed by atoms with Crippen molar-refractivity contribution in [2.75, 3.05) is 12.4 Å². The molecular weight excluding hydrogens is 526 g/mol. The molecule has 2 N–H and O–H groups in total. The highest BCUT2D eigenvalue weighted by Crippen LogP contribution is 2.47. The fraction of sp³-hybridized carbons (Fsp3) is 0.172. The lowest BCUT2D eigenvalue weighted by Gasteiger charge is -2.35. The number of benzene rings is 3. The zero-order valence-corrected chi connectivity index (χ0v) is 22.4. The van der Waals surface area contributed by atoms with Gasteiger partial charge < -0.3 is 15.2 Å². The number of nitriles is 1. The maximum atomic E-state index is 13.2. The molecule has 1 aliphatic rings. The van der Waals surface area contributed by atoms with E-state index in [1.54, 1.807) is 25.6 Å². The number of ketones is 1. The standard InChI is InChI=1S/C29H23N7O3S/c1-16-23(15-30)28(36(35-16)29-31-11-12-40-29)34-33-25-20-6-4-3-5-17(20)13-21(27(25)38)22-14-24(26(22)37)32-18-7-9-19(39-2)10-8-18/h3-13,22,24,32,38H,14H2,1-2H3. The number of azo groups is 1. The lowest BCUT2D eigenvalue weighted by atomic mass is 9.73. The zero-order chi connectivity index (χ0) is 27.8. The highest BCUT2D eigenvalue weighted by Gasteiger charge is 2.42. The number of hydrogen-bond donors (Lipinski definition) is 2. The third-order valence-electron chi connectivity index (χ3n) is 6.98. The molecule has 1 saturated carbocycles. The second-order valence-electron chi connectivity index (χ2n) is 9.32. The van der Waals surface area contributed by atoms with Crippen LogP contribution >= 0.6 is 11.3 Å². The number of carbonyl (C=O) groups is 1. The van der Waals surface area contributed by atoms with E-state index < -0.39 is 5.92 Å². The Morgan fingerprint density at radius 1 is 1.20 bits per heavy atom. The first-order valence-corrected chi connectivity index (χ1v) is 13.4. The van der Waals surface area contributed by atoms with Gasteiger partial charge >= 0.3 is 0 Å². The first-order valence-electron chi connectivity index (χ1n) is 12.5. The number of nitrogens with one attached hydrogen (secondary N) is 1. The summed E-state index contributed by atoms with van der Waals surface area (Å²) in [6, 6.07) is 18.4. The van der Waals surface area contributed by atoms with E-state index in [0.717, 1.165) is 16.8 Å². The molecule has 0 bridgehead atoms. The van der Waals surface area contributed by atoms with Crippen LogP contribution in [0, 0.1) is 18.3 Å². The molecular formula is C29H23N7O3S. The number of ether oxygens (including phenoxy) is 1. The lowest BCUT2D eigenvalue weighted by molar-refractivity contribution is -0.126. The summed E-state index contributed by atoms with van der Waals surface area (Å²) >= 11 is 1.35. The van der Waals surface area contributed by atoms with Crippen molar-refractivity contribution >= 4 is 45.1 Å². The molecule has 6 rings (SSSR count). The van der Waals surface area contributed by atoms with Gasteiger partial charge in [0.15, 0.2) is 11.6 Å². The summed E-state index contributed by atoms with van der Waals surface area (Å²) in [6.07, 6.45) is 2.15. The van der Waals surface area contributed by atoms with Crippen LogP contribution in [-0.4, -0.2) is 38.8 Å². The Labute approximate surface area is 233 Å². The van der Waals surface area contributed by atoms with Crippen molar-refractivity contribution in [2.24, 2.45) is 10.2 Å². The summed E-state index contributed by atoms with van der Waals surface area (Å²) in [6.45, 7) is 1.72. The number of rotatable bonds is 7. The van der Waals surface area contributed by atoms with Crippen molar-refractivity contribution in [3.05, 3.63) is 83.0 Å². The van der Waals surface area contributed by atoms with Crippen molar-refractivity contribution in [1.29, 1.82) is 5.26 Å². The number of carbonyl (C=O) groups excluding carboxylic acids is 1. The summed E-state index contributed by atoms with van der Waals surface area (Å²) in [5, 5.41) is 41.5. The smallest absolute Gasteiger partial charge is 0.212 e. The van der Waals surface area contributed by atoms with E-state index in [-0.39, 0.29) is 34.6 Å². The van der Waals surface area contributed by atoms with E-state index in [1.807, 2.05) is 54.6 Å². The molecule has 2 heterocycles. The third kappa shape index (κ3) is 4.34. The quantitative estimate of drug-likeness (QED) is 0.226. The van der Waals surface area contributed by atoms with E-state index in [1.165, 1.54) is 16.0 Å². The molecule has 0 aliphatic heterocycles. The van der Waals surface area contributed by atoms with Crippen molar-refractivity contribution in [1.82, 2.24) is 14.8 Å². The van der Waals surface area contributed by atoms with Crippen LogP contribution in [0.5, 0.6) is 11.5 Å². The van der Waals surface area contributed by atoms with Crippen molar-refractivity contribution in [3.63, 3.8) is 0 Å². The molecule has 3 aromatic carbocycles. The number of phenols is 1. The summed E-state index contributed by atoms with van der Waals surface area (Å²) in [5.74, 6) is 0.324. The number of hydrogen-bond acceptors (Lipinski definition) is 10. The molecule has 2 unspecified atom stereocenters. The fourth-order valence-corrected chi connectivity index (χ4v) is 5.44. The number of phenolic OH excluding ortho intramolecular Hbond substituents is 1. The molecule has 0 amide bonds. The number of aromatic hydroxyl groups is 1. The minimum Gasteiger partial charge on any atom is -0.505 e. The molecule has 10 nitrogen and oxygen atoms in total. The van der Waals surface area contributed by atoms with Crippen LogP contribution in [0.2, 0.25) is 0 Å². The highest BCUT2D eigenvalue weighted by atomic mass is 32.1. The monoisotopic (exact) mass is 549 g/mol. The Hall–Kier alpha value is -5.08. The average Bonchev–Trinajstić information content (AvgIpc) is 3.62. The van der Waals surface area contributed by atoms with Crippen LogP contribution in [0.4, 0.5) is 17.2 Å². The highest BCUT2D eigenvalue weighted by molar-refractivity contribution is 7.12. The summed E-state index contributed by atoms with van der Waals surface area (Å²) in [5.41, 5.74) is 2.29.